The Kier molecular flexibility index (Phi) is 6.63. The van der Waals surface area contributed by atoms with Gasteiger partial charge in [0, 0.05) is 0 Å². The molecular formula is C32H48Si. The van der Waals surface area contributed by atoms with Crippen LogP contribution in [0, 0.1) is 35.5 Å². The summed E-state index contributed by atoms with van der Waals surface area (Å²) in [5, 5.41) is 1.88. The summed E-state index contributed by atoms with van der Waals surface area (Å²) in [5.41, 5.74) is 2.12. The second kappa shape index (κ2) is 9.67. The summed E-state index contributed by atoms with van der Waals surface area (Å²) in [6, 6.07) is 13.9. The largest absolute Gasteiger partial charge is 0.103 e. The fraction of sp³-hybridized carbons (Fsp3) is 0.750. The molecule has 1 aromatic rings. The molecule has 5 fully saturated rings. The summed E-state index contributed by atoms with van der Waals surface area (Å²) in [6.45, 7) is 4.28. The number of fused-ring (bicyclic) bond motifs is 4. The van der Waals surface area contributed by atoms with Crippen molar-refractivity contribution in [3.8, 4) is 0 Å². The third kappa shape index (κ3) is 3.75. The van der Waals surface area contributed by atoms with E-state index in [1.54, 1.807) is 51.4 Å². The Bertz CT molecular complexity index is 778. The highest BCUT2D eigenvalue weighted by atomic mass is 28.3. The van der Waals surface area contributed by atoms with Crippen molar-refractivity contribution in [2.75, 3.05) is 0 Å². The summed E-state index contributed by atoms with van der Waals surface area (Å²) >= 11 is 0. The maximum absolute atomic E-state index is 4.28. The molecule has 1 aromatic carbocycles. The lowest BCUT2D eigenvalue weighted by atomic mass is 9.73. The molecule has 33 heavy (non-hydrogen) atoms. The molecule has 8 unspecified atom stereocenters. The lowest BCUT2D eigenvalue weighted by Gasteiger charge is -2.51. The van der Waals surface area contributed by atoms with E-state index in [0.29, 0.717) is 0 Å². The summed E-state index contributed by atoms with van der Waals surface area (Å²) in [7, 11) is -1.72. The van der Waals surface area contributed by atoms with Gasteiger partial charge in [-0.15, -0.1) is 6.58 Å². The molecule has 0 bridgehead atoms. The molecule has 0 aromatic heterocycles. The first-order valence-corrected chi connectivity index (χ1v) is 17.4. The minimum atomic E-state index is -1.72. The number of hydrogen-bond donors (Lipinski definition) is 0. The Morgan fingerprint density at radius 2 is 1.24 bits per heavy atom. The highest BCUT2D eigenvalue weighted by Gasteiger charge is 2.63. The van der Waals surface area contributed by atoms with Gasteiger partial charge in [-0.25, -0.2) is 0 Å². The molecule has 0 heterocycles. The molecule has 0 radical (unpaired) electrons. The van der Waals surface area contributed by atoms with Gasteiger partial charge < -0.3 is 0 Å². The first-order chi connectivity index (χ1) is 16.3. The molecule has 0 nitrogen and oxygen atoms in total. The van der Waals surface area contributed by atoms with Gasteiger partial charge >= 0.3 is 0 Å². The van der Waals surface area contributed by atoms with Gasteiger partial charge in [0.15, 0.2) is 0 Å². The molecule has 5 saturated carbocycles. The molecular weight excluding hydrogens is 412 g/mol. The fourth-order valence-electron chi connectivity index (χ4n) is 11.0. The molecule has 0 amide bonds. The Hall–Kier alpha value is -0.823. The van der Waals surface area contributed by atoms with E-state index in [4.69, 9.17) is 0 Å². The van der Waals surface area contributed by atoms with Crippen LogP contribution >= 0.6 is 0 Å². The topological polar surface area (TPSA) is 0 Å². The van der Waals surface area contributed by atoms with Crippen LogP contribution in [0.1, 0.15) is 96.3 Å². The molecule has 6 rings (SSSR count). The number of hydrogen-bond acceptors (Lipinski definition) is 0. The normalized spacial score (nSPS) is 42.1. The Balaban J connectivity index is 1.51. The smallest absolute Gasteiger partial charge is 0.0939 e. The van der Waals surface area contributed by atoms with E-state index in [-0.39, 0.29) is 0 Å². The third-order valence-corrected chi connectivity index (χ3v) is 18.5. The van der Waals surface area contributed by atoms with Crippen LogP contribution in [0.5, 0.6) is 0 Å². The summed E-state index contributed by atoms with van der Waals surface area (Å²) in [4.78, 5) is 0. The van der Waals surface area contributed by atoms with Crippen LogP contribution in [0.3, 0.4) is 0 Å². The monoisotopic (exact) mass is 460 g/mol. The van der Waals surface area contributed by atoms with E-state index >= 15 is 0 Å². The summed E-state index contributed by atoms with van der Waals surface area (Å²) in [5.74, 6) is 6.40. The molecule has 5 aliphatic rings. The van der Waals surface area contributed by atoms with E-state index in [1.807, 2.05) is 5.19 Å². The predicted molar refractivity (Wildman–Crippen MR) is 145 cm³/mol. The van der Waals surface area contributed by atoms with Crippen molar-refractivity contribution in [3.05, 3.63) is 43.0 Å². The van der Waals surface area contributed by atoms with E-state index in [9.17, 15) is 0 Å². The van der Waals surface area contributed by atoms with Crippen LogP contribution in [-0.2, 0) is 0 Å². The maximum Gasteiger partial charge on any atom is 0.0939 e. The molecule has 0 spiro atoms. The van der Waals surface area contributed by atoms with Gasteiger partial charge in [-0.3, -0.25) is 0 Å². The second-order valence-corrected chi connectivity index (χ2v) is 17.4. The molecule has 0 N–H and O–H groups in total. The quantitative estimate of drug-likeness (QED) is 0.294. The summed E-state index contributed by atoms with van der Waals surface area (Å²) in [6.07, 6.45) is 25.2. The van der Waals surface area contributed by atoms with Crippen LogP contribution in [0.4, 0.5) is 0 Å². The first-order valence-electron chi connectivity index (χ1n) is 15.0. The van der Waals surface area contributed by atoms with Crippen LogP contribution in [0.2, 0.25) is 17.1 Å². The minimum Gasteiger partial charge on any atom is -0.103 e. The van der Waals surface area contributed by atoms with E-state index in [1.165, 1.54) is 51.0 Å². The van der Waals surface area contributed by atoms with Gasteiger partial charge in [-0.2, -0.15) is 0 Å². The minimum absolute atomic E-state index is 1.05. The Labute approximate surface area is 205 Å². The Morgan fingerprint density at radius 1 is 0.667 bits per heavy atom. The molecule has 0 aliphatic heterocycles. The van der Waals surface area contributed by atoms with Crippen molar-refractivity contribution >= 4 is 13.3 Å². The van der Waals surface area contributed by atoms with Gasteiger partial charge in [0.2, 0.25) is 0 Å². The van der Waals surface area contributed by atoms with Crippen molar-refractivity contribution in [2.24, 2.45) is 35.5 Å². The maximum atomic E-state index is 4.28. The standard InChI is InChI=1S/C32H48Si/c1-2-3-23-33(25-14-5-4-6-15-25,31-22-21-24-13-7-8-16-26(24)31)32-29-19-11-9-17-27(29)28-18-10-12-20-30(28)32/h2,4-6,14-15,24,26-32H,1,3,7-13,16-23H2. The van der Waals surface area contributed by atoms with E-state index < -0.39 is 8.07 Å². The van der Waals surface area contributed by atoms with Crippen LogP contribution in [0.15, 0.2) is 43.0 Å². The number of allylic oxidation sites excluding steroid dienone is 1. The fourth-order valence-corrected chi connectivity index (χ4v) is 19.1. The molecule has 1 heteroatoms. The van der Waals surface area contributed by atoms with E-state index in [2.05, 4.69) is 43.0 Å². The van der Waals surface area contributed by atoms with E-state index in [0.717, 1.165) is 46.6 Å². The third-order valence-electron chi connectivity index (χ3n) is 11.9. The second-order valence-electron chi connectivity index (χ2n) is 12.9. The zero-order valence-electron chi connectivity index (χ0n) is 21.1. The van der Waals surface area contributed by atoms with Crippen LogP contribution in [0.25, 0.3) is 0 Å². The molecule has 8 atom stereocenters. The highest BCUT2D eigenvalue weighted by molar-refractivity contribution is 6.94. The van der Waals surface area contributed by atoms with Gasteiger partial charge in [-0.05, 0) is 71.9 Å². The predicted octanol–water partition coefficient (Wildman–Crippen LogP) is 8.89. The molecule has 0 saturated heterocycles. The van der Waals surface area contributed by atoms with Gasteiger partial charge in [0.1, 0.15) is 0 Å². The zero-order chi connectivity index (χ0) is 22.3. The van der Waals surface area contributed by atoms with Crippen molar-refractivity contribution in [1.29, 1.82) is 0 Å². The van der Waals surface area contributed by atoms with Crippen molar-refractivity contribution in [1.82, 2.24) is 0 Å². The summed E-state index contributed by atoms with van der Waals surface area (Å²) < 4.78 is 0. The lowest BCUT2D eigenvalue weighted by molar-refractivity contribution is 0.184. The number of rotatable bonds is 6. The Morgan fingerprint density at radius 3 is 1.88 bits per heavy atom. The van der Waals surface area contributed by atoms with Gasteiger partial charge in [0.05, 0.1) is 8.07 Å². The average molecular weight is 461 g/mol. The first kappa shape index (κ1) is 22.6. The lowest BCUT2D eigenvalue weighted by Crippen LogP contribution is -2.59. The van der Waals surface area contributed by atoms with Gasteiger partial charge in [0.25, 0.3) is 0 Å². The number of benzene rings is 1. The SMILES string of the molecule is C=CCC[Si](c1ccccc1)(C1CCC2CCCCC21)C1C2CCCCC2C2CCCCC21. The average Bonchev–Trinajstić information content (AvgIpc) is 3.46. The van der Waals surface area contributed by atoms with Crippen LogP contribution < -0.4 is 5.19 Å². The van der Waals surface area contributed by atoms with Crippen molar-refractivity contribution in [3.63, 3.8) is 0 Å². The molecule has 180 valence electrons. The van der Waals surface area contributed by atoms with Crippen molar-refractivity contribution in [2.45, 2.75) is 113 Å². The van der Waals surface area contributed by atoms with Crippen LogP contribution in [-0.4, -0.2) is 8.07 Å². The van der Waals surface area contributed by atoms with Gasteiger partial charge in [-0.1, -0.05) is 119 Å². The molecule has 5 aliphatic carbocycles. The zero-order valence-corrected chi connectivity index (χ0v) is 22.1. The van der Waals surface area contributed by atoms with Crippen molar-refractivity contribution < 1.29 is 0 Å². The highest BCUT2D eigenvalue weighted by Crippen LogP contribution is 2.67.